The van der Waals surface area contributed by atoms with Gasteiger partial charge in [-0.05, 0) is 37.5 Å². The van der Waals surface area contributed by atoms with Crippen LogP contribution >= 0.6 is 0 Å². The Labute approximate surface area is 103 Å². The summed E-state index contributed by atoms with van der Waals surface area (Å²) in [6.45, 7) is 1.74. The van der Waals surface area contributed by atoms with E-state index in [9.17, 15) is 13.2 Å². The van der Waals surface area contributed by atoms with Gasteiger partial charge in [-0.1, -0.05) is 0 Å². The van der Waals surface area contributed by atoms with Gasteiger partial charge in [0.2, 0.25) is 5.89 Å². The summed E-state index contributed by atoms with van der Waals surface area (Å²) in [5.74, 6) is 0.812. The molecule has 2 radical (unpaired) electrons. The van der Waals surface area contributed by atoms with Crippen LogP contribution in [-0.4, -0.2) is 12.8 Å². The maximum absolute atomic E-state index is 12.4. The van der Waals surface area contributed by atoms with E-state index in [0.29, 0.717) is 17.0 Å². The van der Waals surface area contributed by atoms with Gasteiger partial charge in [-0.2, -0.15) is 13.2 Å². The highest BCUT2D eigenvalue weighted by Gasteiger charge is 2.30. The van der Waals surface area contributed by atoms with Crippen molar-refractivity contribution >= 4 is 7.85 Å². The second kappa shape index (κ2) is 4.51. The number of nitrogens with zero attached hydrogens (tertiary/aromatic N) is 1. The smallest absolute Gasteiger partial charge is 0.416 e. The molecule has 18 heavy (non-hydrogen) atoms. The molecule has 0 bridgehead atoms. The maximum atomic E-state index is 12.4. The van der Waals surface area contributed by atoms with Crippen LogP contribution in [0.3, 0.4) is 0 Å². The highest BCUT2D eigenvalue weighted by molar-refractivity contribution is 6.08. The molecule has 0 saturated carbocycles. The molecule has 0 fully saturated rings. The van der Waals surface area contributed by atoms with Gasteiger partial charge in [0.25, 0.3) is 0 Å². The van der Waals surface area contributed by atoms with Crippen molar-refractivity contribution in [2.45, 2.75) is 19.4 Å². The molecule has 0 amide bonds. The lowest BCUT2D eigenvalue weighted by Crippen LogP contribution is -2.03. The van der Waals surface area contributed by atoms with Crippen LogP contribution in [0.2, 0.25) is 0 Å². The van der Waals surface area contributed by atoms with Crippen LogP contribution in [0.1, 0.15) is 17.0 Å². The van der Waals surface area contributed by atoms with Gasteiger partial charge in [-0.15, -0.1) is 0 Å². The number of rotatable bonds is 2. The van der Waals surface area contributed by atoms with Gasteiger partial charge in [0.05, 0.1) is 19.1 Å². The molecule has 2 aromatic rings. The second-order valence-electron chi connectivity index (χ2n) is 3.81. The van der Waals surface area contributed by atoms with Gasteiger partial charge in [-0.3, -0.25) is 0 Å². The van der Waals surface area contributed by atoms with E-state index in [1.165, 1.54) is 12.1 Å². The van der Waals surface area contributed by atoms with Crippen LogP contribution in [-0.2, 0) is 12.5 Å². The predicted molar refractivity (Wildman–Crippen MR) is 61.1 cm³/mol. The molecule has 1 aromatic carbocycles. The Morgan fingerprint density at radius 1 is 1.22 bits per heavy atom. The van der Waals surface area contributed by atoms with Gasteiger partial charge >= 0.3 is 6.18 Å². The Hall–Kier alpha value is -1.72. The molecule has 0 saturated heterocycles. The van der Waals surface area contributed by atoms with Crippen molar-refractivity contribution in [3.05, 3.63) is 41.3 Å². The number of hydrogen-bond acceptors (Lipinski definition) is 2. The number of alkyl halides is 3. The first-order valence-corrected chi connectivity index (χ1v) is 5.26. The first-order chi connectivity index (χ1) is 8.41. The van der Waals surface area contributed by atoms with Gasteiger partial charge in [-0.25, -0.2) is 4.98 Å². The fourth-order valence-corrected chi connectivity index (χ4v) is 1.54. The number of benzene rings is 1. The normalized spacial score (nSPS) is 11.8. The number of aromatic nitrogens is 1. The molecular formula is C12H9BF3NO. The molecule has 0 aliphatic heterocycles. The molecule has 0 atom stereocenters. The minimum Gasteiger partial charge on any atom is -0.442 e. The summed E-state index contributed by atoms with van der Waals surface area (Å²) in [6, 6.07) is 4.65. The number of hydrogen-bond donors (Lipinski definition) is 0. The van der Waals surface area contributed by atoms with E-state index < -0.39 is 11.7 Å². The van der Waals surface area contributed by atoms with E-state index >= 15 is 0 Å². The molecule has 0 spiro atoms. The van der Waals surface area contributed by atoms with Crippen molar-refractivity contribution in [1.29, 1.82) is 0 Å². The fraction of sp³-hybridized carbons (Fsp3) is 0.250. The van der Waals surface area contributed by atoms with Gasteiger partial charge in [0, 0.05) is 5.56 Å². The van der Waals surface area contributed by atoms with Crippen LogP contribution in [0, 0.1) is 6.92 Å². The Bertz CT molecular complexity index is 545. The topological polar surface area (TPSA) is 26.0 Å². The molecule has 92 valence electrons. The number of aryl methyl sites for hydroxylation is 1. The van der Waals surface area contributed by atoms with Crippen molar-refractivity contribution in [2.75, 3.05) is 0 Å². The zero-order valence-corrected chi connectivity index (χ0v) is 9.58. The molecular weight excluding hydrogens is 242 g/mol. The molecule has 0 aliphatic rings. The molecule has 1 aromatic heterocycles. The van der Waals surface area contributed by atoms with Crippen LogP contribution in [0.25, 0.3) is 11.5 Å². The van der Waals surface area contributed by atoms with E-state index in [1.807, 2.05) is 0 Å². The lowest BCUT2D eigenvalue weighted by Gasteiger charge is -2.06. The molecule has 0 unspecified atom stereocenters. The predicted octanol–water partition coefficient (Wildman–Crippen LogP) is 3.34. The summed E-state index contributed by atoms with van der Waals surface area (Å²) in [7, 11) is 5.44. The number of oxazole rings is 1. The Kier molecular flexibility index (Phi) is 3.19. The average molecular weight is 251 g/mol. The third kappa shape index (κ3) is 2.42. The van der Waals surface area contributed by atoms with Gasteiger partial charge in [0.15, 0.2) is 0 Å². The van der Waals surface area contributed by atoms with Crippen LogP contribution in [0.15, 0.2) is 28.7 Å². The Morgan fingerprint density at radius 2 is 1.83 bits per heavy atom. The molecule has 2 rings (SSSR count). The minimum absolute atomic E-state index is 0.208. The molecule has 0 N–H and O–H groups in total. The van der Waals surface area contributed by atoms with Crippen molar-refractivity contribution < 1.29 is 17.6 Å². The van der Waals surface area contributed by atoms with Gasteiger partial charge in [0.1, 0.15) is 5.76 Å². The lowest BCUT2D eigenvalue weighted by atomic mass is 10.0. The van der Waals surface area contributed by atoms with E-state index in [2.05, 4.69) is 4.98 Å². The quantitative estimate of drug-likeness (QED) is 0.765. The SMILES string of the molecule is [B]Cc1oc(-c2ccc(C(F)(F)F)cc2)nc1C. The maximum Gasteiger partial charge on any atom is 0.416 e. The molecule has 2 nitrogen and oxygen atoms in total. The van der Waals surface area contributed by atoms with Crippen molar-refractivity contribution in [3.8, 4) is 11.5 Å². The van der Waals surface area contributed by atoms with Crippen LogP contribution in [0.4, 0.5) is 13.2 Å². The fourth-order valence-electron chi connectivity index (χ4n) is 1.54. The summed E-state index contributed by atoms with van der Waals surface area (Å²) >= 11 is 0. The molecule has 0 aliphatic carbocycles. The van der Waals surface area contributed by atoms with Crippen LogP contribution in [0.5, 0.6) is 0 Å². The largest absolute Gasteiger partial charge is 0.442 e. The summed E-state index contributed by atoms with van der Waals surface area (Å²) in [6.07, 6.45) is -4.13. The van der Waals surface area contributed by atoms with Crippen molar-refractivity contribution in [1.82, 2.24) is 4.98 Å². The summed E-state index contributed by atoms with van der Waals surface area (Å²) < 4.78 is 42.5. The summed E-state index contributed by atoms with van der Waals surface area (Å²) in [5.41, 5.74) is 0.437. The average Bonchev–Trinajstić information content (AvgIpc) is 2.69. The van der Waals surface area contributed by atoms with E-state index in [-0.39, 0.29) is 12.2 Å². The van der Waals surface area contributed by atoms with E-state index in [1.54, 1.807) is 6.92 Å². The van der Waals surface area contributed by atoms with Crippen molar-refractivity contribution in [2.24, 2.45) is 0 Å². The zero-order chi connectivity index (χ0) is 13.3. The lowest BCUT2D eigenvalue weighted by molar-refractivity contribution is -0.137. The summed E-state index contributed by atoms with van der Waals surface area (Å²) in [4.78, 5) is 4.12. The summed E-state index contributed by atoms with van der Waals surface area (Å²) in [5, 5.41) is 0. The van der Waals surface area contributed by atoms with Crippen molar-refractivity contribution in [3.63, 3.8) is 0 Å². The third-order valence-electron chi connectivity index (χ3n) is 2.54. The molecule has 6 heteroatoms. The minimum atomic E-state index is -4.34. The first kappa shape index (κ1) is 12.7. The van der Waals surface area contributed by atoms with E-state index in [0.717, 1.165) is 12.1 Å². The van der Waals surface area contributed by atoms with E-state index in [4.69, 9.17) is 12.3 Å². The van der Waals surface area contributed by atoms with Crippen LogP contribution < -0.4 is 0 Å². The highest BCUT2D eigenvalue weighted by atomic mass is 19.4. The van der Waals surface area contributed by atoms with Gasteiger partial charge < -0.3 is 4.42 Å². The Balaban J connectivity index is 2.34. The molecule has 1 heterocycles. The third-order valence-corrected chi connectivity index (χ3v) is 2.54. The standard InChI is InChI=1S/C12H9BF3NO/c1-7-10(6-13)18-11(17-7)8-2-4-9(5-3-8)12(14,15)16/h2-5H,6H2,1H3. The second-order valence-corrected chi connectivity index (χ2v) is 3.81. The zero-order valence-electron chi connectivity index (χ0n) is 9.58. The first-order valence-electron chi connectivity index (χ1n) is 5.26. The monoisotopic (exact) mass is 251 g/mol. The highest BCUT2D eigenvalue weighted by Crippen LogP contribution is 2.31. The Morgan fingerprint density at radius 3 is 2.28 bits per heavy atom. The number of halogens is 3.